The van der Waals surface area contributed by atoms with E-state index in [1.54, 1.807) is 0 Å². The van der Waals surface area contributed by atoms with Crippen molar-refractivity contribution in [1.29, 1.82) is 0 Å². The molecule has 0 bridgehead atoms. The maximum Gasteiger partial charge on any atom is 0.262 e. The normalized spacial score (nSPS) is 17.1. The highest BCUT2D eigenvalue weighted by Crippen LogP contribution is 2.29. The molecule has 0 spiro atoms. The summed E-state index contributed by atoms with van der Waals surface area (Å²) < 4.78 is 5.84. The Bertz CT molecular complexity index is 811. The van der Waals surface area contributed by atoms with E-state index in [9.17, 15) is 4.79 Å². The van der Waals surface area contributed by atoms with Gasteiger partial charge in [-0.1, -0.05) is 12.1 Å². The third-order valence-corrected chi connectivity index (χ3v) is 5.73. The van der Waals surface area contributed by atoms with Gasteiger partial charge in [0.25, 0.3) is 5.91 Å². The van der Waals surface area contributed by atoms with Gasteiger partial charge in [-0.25, -0.2) is 0 Å². The van der Waals surface area contributed by atoms with Crippen LogP contribution >= 0.6 is 0 Å². The molecule has 2 aromatic rings. The van der Waals surface area contributed by atoms with Crippen molar-refractivity contribution in [3.63, 3.8) is 0 Å². The number of piperazine rings is 1. The van der Waals surface area contributed by atoms with Crippen molar-refractivity contribution >= 4 is 17.3 Å². The summed E-state index contributed by atoms with van der Waals surface area (Å²) in [4.78, 5) is 17.0. The fourth-order valence-electron chi connectivity index (χ4n) is 4.04. The topological polar surface area (TPSA) is 44.8 Å². The number of aryl methyl sites for hydroxylation is 1. The van der Waals surface area contributed by atoms with Crippen LogP contribution in [-0.2, 0) is 17.6 Å². The molecule has 0 unspecified atom stereocenters. The summed E-state index contributed by atoms with van der Waals surface area (Å²) in [6.45, 7) is 4.28. The van der Waals surface area contributed by atoms with Crippen molar-refractivity contribution in [1.82, 2.24) is 4.90 Å². The third-order valence-electron chi connectivity index (χ3n) is 5.73. The van der Waals surface area contributed by atoms with Gasteiger partial charge in [0.05, 0.1) is 0 Å². The van der Waals surface area contributed by atoms with Crippen LogP contribution in [-0.4, -0.2) is 50.6 Å². The van der Waals surface area contributed by atoms with Gasteiger partial charge in [-0.05, 0) is 74.2 Å². The number of anilines is 2. The number of fused-ring (bicyclic) bond motifs is 1. The van der Waals surface area contributed by atoms with Crippen LogP contribution in [0.3, 0.4) is 0 Å². The molecule has 28 heavy (non-hydrogen) atoms. The van der Waals surface area contributed by atoms with E-state index in [4.69, 9.17) is 4.74 Å². The van der Waals surface area contributed by atoms with Gasteiger partial charge in [0.1, 0.15) is 5.75 Å². The maximum absolute atomic E-state index is 12.3. The van der Waals surface area contributed by atoms with Crippen molar-refractivity contribution in [2.45, 2.75) is 25.7 Å². The van der Waals surface area contributed by atoms with Gasteiger partial charge >= 0.3 is 0 Å². The molecule has 0 aromatic heterocycles. The molecule has 1 fully saturated rings. The van der Waals surface area contributed by atoms with E-state index >= 15 is 0 Å². The van der Waals surface area contributed by atoms with E-state index in [0.717, 1.165) is 50.5 Å². The van der Waals surface area contributed by atoms with Crippen LogP contribution in [0.1, 0.15) is 24.0 Å². The van der Waals surface area contributed by atoms with Gasteiger partial charge < -0.3 is 19.9 Å². The standard InChI is InChI=1S/C23H29N3O2/c1-25-13-15-26(16-14-25)20-11-9-19(10-12-20)24-23(27)17-28-22-8-4-6-18-5-2-3-7-21(18)22/h4,6,8-12H,2-3,5,7,13-17H2,1H3,(H,24,27). The molecular formula is C23H29N3O2. The van der Waals surface area contributed by atoms with Crippen molar-refractivity contribution < 1.29 is 9.53 Å². The highest BCUT2D eigenvalue weighted by molar-refractivity contribution is 5.92. The van der Waals surface area contributed by atoms with E-state index in [-0.39, 0.29) is 12.5 Å². The van der Waals surface area contributed by atoms with Gasteiger partial charge in [0, 0.05) is 37.6 Å². The minimum atomic E-state index is -0.124. The van der Waals surface area contributed by atoms with E-state index < -0.39 is 0 Å². The molecule has 2 aliphatic rings. The van der Waals surface area contributed by atoms with E-state index in [0.29, 0.717) is 0 Å². The van der Waals surface area contributed by atoms with Crippen LogP contribution in [0.15, 0.2) is 42.5 Å². The zero-order chi connectivity index (χ0) is 19.3. The molecule has 1 aliphatic heterocycles. The molecule has 5 heteroatoms. The van der Waals surface area contributed by atoms with Crippen molar-refractivity contribution in [3.8, 4) is 5.75 Å². The van der Waals surface area contributed by atoms with E-state index in [2.05, 4.69) is 40.4 Å². The molecule has 1 aliphatic carbocycles. The zero-order valence-electron chi connectivity index (χ0n) is 16.6. The first-order valence-electron chi connectivity index (χ1n) is 10.3. The van der Waals surface area contributed by atoms with Crippen molar-refractivity contribution in [2.24, 2.45) is 0 Å². The van der Waals surface area contributed by atoms with Crippen LogP contribution in [0.4, 0.5) is 11.4 Å². The van der Waals surface area contributed by atoms with Crippen LogP contribution < -0.4 is 15.0 Å². The average molecular weight is 380 g/mol. The highest BCUT2D eigenvalue weighted by atomic mass is 16.5. The number of benzene rings is 2. The summed E-state index contributed by atoms with van der Waals surface area (Å²) in [6.07, 6.45) is 4.58. The molecule has 1 heterocycles. The summed E-state index contributed by atoms with van der Waals surface area (Å²) >= 11 is 0. The van der Waals surface area contributed by atoms with Crippen LogP contribution in [0.5, 0.6) is 5.75 Å². The summed E-state index contributed by atoms with van der Waals surface area (Å²) in [5.74, 6) is 0.735. The molecule has 0 atom stereocenters. The first-order valence-corrected chi connectivity index (χ1v) is 10.3. The Morgan fingerprint density at radius 1 is 1.00 bits per heavy atom. The lowest BCUT2D eigenvalue weighted by molar-refractivity contribution is -0.118. The van der Waals surface area contributed by atoms with Crippen LogP contribution in [0, 0.1) is 0 Å². The minimum Gasteiger partial charge on any atom is -0.483 e. The largest absolute Gasteiger partial charge is 0.483 e. The Balaban J connectivity index is 1.31. The monoisotopic (exact) mass is 379 g/mol. The summed E-state index contributed by atoms with van der Waals surface area (Å²) in [5, 5.41) is 2.94. The molecule has 1 N–H and O–H groups in total. The lowest BCUT2D eigenvalue weighted by atomic mass is 9.91. The lowest BCUT2D eigenvalue weighted by Crippen LogP contribution is -2.44. The Morgan fingerprint density at radius 2 is 1.75 bits per heavy atom. The second kappa shape index (κ2) is 8.65. The summed E-state index contributed by atoms with van der Waals surface area (Å²) in [7, 11) is 2.16. The quantitative estimate of drug-likeness (QED) is 0.866. The molecule has 1 amide bonds. The fourth-order valence-corrected chi connectivity index (χ4v) is 4.04. The molecule has 5 nitrogen and oxygen atoms in total. The van der Waals surface area contributed by atoms with Gasteiger partial charge in [-0.2, -0.15) is 0 Å². The summed E-state index contributed by atoms with van der Waals surface area (Å²) in [6, 6.07) is 14.3. The van der Waals surface area contributed by atoms with Gasteiger partial charge in [0.15, 0.2) is 6.61 Å². The zero-order valence-corrected chi connectivity index (χ0v) is 16.6. The Labute approximate surface area is 167 Å². The second-order valence-electron chi connectivity index (χ2n) is 7.77. The minimum absolute atomic E-state index is 0.0384. The predicted octanol–water partition coefficient (Wildman–Crippen LogP) is 3.33. The SMILES string of the molecule is CN1CCN(c2ccc(NC(=O)COc3cccc4c3CCCC4)cc2)CC1. The smallest absolute Gasteiger partial charge is 0.262 e. The number of nitrogens with one attached hydrogen (secondary N) is 1. The molecule has 148 valence electrons. The molecule has 0 radical (unpaired) electrons. The second-order valence-corrected chi connectivity index (χ2v) is 7.77. The first kappa shape index (κ1) is 18.8. The Hall–Kier alpha value is -2.53. The number of hydrogen-bond donors (Lipinski definition) is 1. The average Bonchev–Trinajstić information content (AvgIpc) is 2.73. The summed E-state index contributed by atoms with van der Waals surface area (Å²) in [5.41, 5.74) is 4.65. The number of rotatable bonds is 5. The number of carbonyl (C=O) groups excluding carboxylic acids is 1. The number of carbonyl (C=O) groups is 1. The third kappa shape index (κ3) is 4.47. The molecule has 0 saturated carbocycles. The first-order chi connectivity index (χ1) is 13.7. The van der Waals surface area contributed by atoms with Crippen LogP contribution in [0.25, 0.3) is 0 Å². The Kier molecular flexibility index (Phi) is 5.81. The predicted molar refractivity (Wildman–Crippen MR) is 113 cm³/mol. The lowest BCUT2D eigenvalue weighted by Gasteiger charge is -2.34. The van der Waals surface area contributed by atoms with Gasteiger partial charge in [-0.3, -0.25) is 4.79 Å². The van der Waals surface area contributed by atoms with Crippen LogP contribution in [0.2, 0.25) is 0 Å². The number of likely N-dealkylation sites (N-methyl/N-ethyl adjacent to an activating group) is 1. The Morgan fingerprint density at radius 3 is 2.54 bits per heavy atom. The number of nitrogens with zero attached hydrogens (tertiary/aromatic N) is 2. The fraction of sp³-hybridized carbons (Fsp3) is 0.435. The molecular weight excluding hydrogens is 350 g/mol. The number of amides is 1. The number of hydrogen-bond acceptors (Lipinski definition) is 4. The van der Waals surface area contributed by atoms with Crippen molar-refractivity contribution in [3.05, 3.63) is 53.6 Å². The maximum atomic E-state index is 12.3. The molecule has 2 aromatic carbocycles. The van der Waals surface area contributed by atoms with Gasteiger partial charge in [0.2, 0.25) is 0 Å². The molecule has 4 rings (SSSR count). The number of ether oxygens (including phenoxy) is 1. The van der Waals surface area contributed by atoms with Crippen molar-refractivity contribution in [2.75, 3.05) is 50.1 Å². The van der Waals surface area contributed by atoms with E-state index in [1.165, 1.54) is 29.7 Å². The van der Waals surface area contributed by atoms with E-state index in [1.807, 2.05) is 24.3 Å². The molecule has 1 saturated heterocycles. The highest BCUT2D eigenvalue weighted by Gasteiger charge is 2.16. The van der Waals surface area contributed by atoms with Gasteiger partial charge in [-0.15, -0.1) is 0 Å².